The van der Waals surface area contributed by atoms with E-state index in [1.54, 1.807) is 25.3 Å². The van der Waals surface area contributed by atoms with Crippen molar-refractivity contribution in [3.63, 3.8) is 0 Å². The van der Waals surface area contributed by atoms with E-state index < -0.39 is 17.5 Å². The summed E-state index contributed by atoms with van der Waals surface area (Å²) in [4.78, 5) is 32.9. The monoisotopic (exact) mass is 508 g/mol. The second-order valence-corrected chi connectivity index (χ2v) is 10.3. The minimum Gasteiger partial charge on any atom is -0.493 e. The maximum Gasteiger partial charge on any atom is 0.407 e. The highest BCUT2D eigenvalue weighted by Gasteiger charge is 2.34. The first-order valence-electron chi connectivity index (χ1n) is 12.2. The highest BCUT2D eigenvalue weighted by molar-refractivity contribution is 6.03. The Balaban J connectivity index is 1.35. The van der Waals surface area contributed by atoms with Crippen molar-refractivity contribution in [2.24, 2.45) is 0 Å². The molecule has 1 fully saturated rings. The number of nitrogens with one attached hydrogen (secondary N) is 2. The Hall–Kier alpha value is -3.95. The number of carbonyl (C=O) groups is 2. The second-order valence-electron chi connectivity index (χ2n) is 10.3. The Bertz CT molecular complexity index is 1380. The summed E-state index contributed by atoms with van der Waals surface area (Å²) in [6, 6.07) is 6.46. The number of Topliss-reactive ketones (excluding diaryl/α,β-unsaturated/α-hetero) is 1. The van der Waals surface area contributed by atoms with E-state index in [2.05, 4.69) is 20.6 Å². The molecule has 2 N–H and O–H groups in total. The third-order valence-corrected chi connectivity index (χ3v) is 6.43. The van der Waals surface area contributed by atoms with Crippen LogP contribution >= 0.6 is 0 Å². The number of amides is 1. The number of hydrogen-bond acceptors (Lipinski definition) is 8. The number of fused-ring (bicyclic) bond motifs is 2. The molecular weight excluding hydrogens is 479 g/mol. The van der Waals surface area contributed by atoms with E-state index in [9.17, 15) is 14.0 Å². The fraction of sp³-hybridized carbons (Fsp3) is 0.407. The lowest BCUT2D eigenvalue weighted by Gasteiger charge is -2.36. The van der Waals surface area contributed by atoms with Gasteiger partial charge in [0.05, 0.1) is 18.2 Å². The van der Waals surface area contributed by atoms with Crippen LogP contribution in [0.25, 0.3) is 10.9 Å². The number of carbonyl (C=O) groups excluding carboxylic acids is 2. The molecule has 0 radical (unpaired) electrons. The van der Waals surface area contributed by atoms with Crippen LogP contribution in [0.1, 0.15) is 56.0 Å². The first kappa shape index (κ1) is 24.7. The first-order chi connectivity index (χ1) is 17.6. The van der Waals surface area contributed by atoms with E-state index in [0.29, 0.717) is 58.7 Å². The highest BCUT2D eigenvalue weighted by Crippen LogP contribution is 2.39. The molecule has 0 aliphatic heterocycles. The molecule has 0 atom stereocenters. The molecule has 1 amide bonds. The van der Waals surface area contributed by atoms with Crippen LogP contribution in [-0.4, -0.2) is 46.7 Å². The number of aromatic nitrogens is 2. The van der Waals surface area contributed by atoms with Crippen molar-refractivity contribution in [3.05, 3.63) is 47.5 Å². The number of methoxy groups -OCH3 is 1. The van der Waals surface area contributed by atoms with E-state index in [0.717, 1.165) is 0 Å². The molecular formula is C27H29FN4O5. The van der Waals surface area contributed by atoms with Gasteiger partial charge in [-0.3, -0.25) is 4.79 Å². The van der Waals surface area contributed by atoms with Crippen molar-refractivity contribution >= 4 is 34.3 Å². The predicted molar refractivity (Wildman–Crippen MR) is 135 cm³/mol. The van der Waals surface area contributed by atoms with Crippen LogP contribution in [0.4, 0.5) is 20.7 Å². The summed E-state index contributed by atoms with van der Waals surface area (Å²) in [7, 11) is 1.56. The maximum absolute atomic E-state index is 14.2. The average Bonchev–Trinajstić information content (AvgIpc) is 3.20. The van der Waals surface area contributed by atoms with Crippen LogP contribution in [0.2, 0.25) is 0 Å². The van der Waals surface area contributed by atoms with E-state index in [1.165, 1.54) is 12.4 Å². The Morgan fingerprint density at radius 2 is 1.89 bits per heavy atom. The number of nitrogens with zero attached hydrogens (tertiary/aromatic N) is 2. The van der Waals surface area contributed by atoms with Gasteiger partial charge < -0.3 is 24.8 Å². The average molecular weight is 509 g/mol. The Morgan fingerprint density at radius 1 is 1.11 bits per heavy atom. The Kier molecular flexibility index (Phi) is 6.35. The molecule has 2 aromatic carbocycles. The number of benzene rings is 2. The van der Waals surface area contributed by atoms with Crippen molar-refractivity contribution in [2.45, 2.75) is 64.2 Å². The van der Waals surface area contributed by atoms with E-state index >= 15 is 0 Å². The Labute approximate surface area is 213 Å². The van der Waals surface area contributed by atoms with Crippen molar-refractivity contribution in [1.29, 1.82) is 0 Å². The van der Waals surface area contributed by atoms with Crippen LogP contribution in [-0.2, 0) is 11.2 Å². The van der Waals surface area contributed by atoms with E-state index in [4.69, 9.17) is 14.2 Å². The zero-order chi connectivity index (χ0) is 26.3. The van der Waals surface area contributed by atoms with Gasteiger partial charge in [-0.05, 0) is 51.0 Å². The van der Waals surface area contributed by atoms with Crippen LogP contribution in [0.3, 0.4) is 0 Å². The van der Waals surface area contributed by atoms with Crippen molar-refractivity contribution in [1.82, 2.24) is 15.3 Å². The zero-order valence-electron chi connectivity index (χ0n) is 21.2. The summed E-state index contributed by atoms with van der Waals surface area (Å²) in [6.07, 6.45) is 2.90. The summed E-state index contributed by atoms with van der Waals surface area (Å²) in [5.74, 6) is 0.853. The molecule has 3 aromatic rings. The van der Waals surface area contributed by atoms with Gasteiger partial charge in [-0.1, -0.05) is 0 Å². The zero-order valence-corrected chi connectivity index (χ0v) is 21.2. The summed E-state index contributed by atoms with van der Waals surface area (Å²) in [5, 5.41) is 6.80. The van der Waals surface area contributed by atoms with E-state index in [1.807, 2.05) is 20.8 Å². The lowest BCUT2D eigenvalue weighted by molar-refractivity contribution is 0.0358. The van der Waals surface area contributed by atoms with Gasteiger partial charge in [0.1, 0.15) is 29.7 Å². The summed E-state index contributed by atoms with van der Waals surface area (Å²) < 4.78 is 31.3. The fourth-order valence-electron chi connectivity index (χ4n) is 4.64. The lowest BCUT2D eigenvalue weighted by Crippen LogP contribution is -2.50. The number of anilines is 2. The highest BCUT2D eigenvalue weighted by atomic mass is 19.1. The molecule has 0 spiro atoms. The molecule has 1 heterocycles. The molecule has 194 valence electrons. The van der Waals surface area contributed by atoms with Gasteiger partial charge in [0.2, 0.25) is 0 Å². The molecule has 0 saturated heterocycles. The summed E-state index contributed by atoms with van der Waals surface area (Å²) in [6.45, 7) is 5.46. The molecule has 10 heteroatoms. The molecule has 37 heavy (non-hydrogen) atoms. The van der Waals surface area contributed by atoms with Gasteiger partial charge in [0, 0.05) is 42.4 Å². The second kappa shape index (κ2) is 9.49. The van der Waals surface area contributed by atoms with Crippen LogP contribution in [0.15, 0.2) is 30.6 Å². The molecule has 0 bridgehead atoms. The fourth-order valence-corrected chi connectivity index (χ4v) is 4.64. The number of hydrogen-bond donors (Lipinski definition) is 2. The maximum atomic E-state index is 14.2. The quantitative estimate of drug-likeness (QED) is 0.474. The molecule has 2 aliphatic rings. The van der Waals surface area contributed by atoms with Crippen molar-refractivity contribution < 1.29 is 28.2 Å². The topological polar surface area (TPSA) is 112 Å². The standard InChI is InChI=1S/C27H29FN4O5/c1-27(2,3)37-26(34)31-14-9-15(10-14)36-23-11-17-20(12-22(23)35-4)29-13-30-25(17)32-19-7-6-18(28)24-16(19)5-8-21(24)33/h6-7,11-15H,5,8-10H2,1-4H3,(H,31,34)(H,29,30,32). The SMILES string of the molecule is COc1cc2ncnc(Nc3ccc(F)c4c3CCC4=O)c2cc1OC1CC(NC(=O)OC(C)(C)C)C1. The molecule has 9 nitrogen and oxygen atoms in total. The molecule has 1 aromatic heterocycles. The van der Waals surface area contributed by atoms with Gasteiger partial charge >= 0.3 is 6.09 Å². The van der Waals surface area contributed by atoms with Gasteiger partial charge in [-0.25, -0.2) is 19.2 Å². The summed E-state index contributed by atoms with van der Waals surface area (Å²) >= 11 is 0. The lowest BCUT2D eigenvalue weighted by atomic mass is 9.89. The third kappa shape index (κ3) is 5.14. The van der Waals surface area contributed by atoms with Crippen molar-refractivity contribution in [3.8, 4) is 11.5 Å². The van der Waals surface area contributed by atoms with Gasteiger partial charge in [-0.2, -0.15) is 0 Å². The largest absolute Gasteiger partial charge is 0.493 e. The molecule has 1 saturated carbocycles. The normalized spacial score (nSPS) is 18.7. The number of halogens is 1. The van der Waals surface area contributed by atoms with E-state index in [-0.39, 0.29) is 29.9 Å². The summed E-state index contributed by atoms with van der Waals surface area (Å²) in [5.41, 5.74) is 1.51. The molecule has 2 aliphatic carbocycles. The minimum atomic E-state index is -0.556. The van der Waals surface area contributed by atoms with Gasteiger partial charge in [-0.15, -0.1) is 0 Å². The minimum absolute atomic E-state index is 0.0323. The number of ketones is 1. The smallest absolute Gasteiger partial charge is 0.407 e. The Morgan fingerprint density at radius 3 is 2.62 bits per heavy atom. The van der Waals surface area contributed by atoms with Gasteiger partial charge in [0.15, 0.2) is 17.3 Å². The van der Waals surface area contributed by atoms with Crippen LogP contribution in [0, 0.1) is 5.82 Å². The third-order valence-electron chi connectivity index (χ3n) is 6.43. The molecule has 0 unspecified atom stereocenters. The van der Waals surface area contributed by atoms with Gasteiger partial charge in [0.25, 0.3) is 0 Å². The first-order valence-corrected chi connectivity index (χ1v) is 12.2. The number of rotatable bonds is 6. The van der Waals surface area contributed by atoms with Crippen molar-refractivity contribution in [2.75, 3.05) is 12.4 Å². The molecule has 5 rings (SSSR count). The van der Waals surface area contributed by atoms with Crippen LogP contribution < -0.4 is 20.1 Å². The number of ether oxygens (including phenoxy) is 3. The number of alkyl carbamates (subject to hydrolysis) is 1. The van der Waals surface area contributed by atoms with Crippen LogP contribution in [0.5, 0.6) is 11.5 Å². The predicted octanol–water partition coefficient (Wildman–Crippen LogP) is 5.08.